The molecule has 3 N–H and O–H groups in total. The first-order valence-corrected chi connectivity index (χ1v) is 5.58. The van der Waals surface area contributed by atoms with Gasteiger partial charge in [-0.05, 0) is 26.2 Å². The molecule has 0 bridgehead atoms. The van der Waals surface area contributed by atoms with Crippen LogP contribution in [0.1, 0.15) is 24.8 Å². The highest BCUT2D eigenvalue weighted by atomic mass is 16.5. The molecular formula is C11H18N4O. The van der Waals surface area contributed by atoms with Gasteiger partial charge in [0.25, 0.3) is 0 Å². The topological polar surface area (TPSA) is 73.1 Å². The number of nitrogens with zero attached hydrogens (tertiary/aromatic N) is 2. The summed E-state index contributed by atoms with van der Waals surface area (Å²) in [6.07, 6.45) is 5.17. The second kappa shape index (κ2) is 4.65. The van der Waals surface area contributed by atoms with Crippen molar-refractivity contribution in [2.45, 2.75) is 38.3 Å². The molecule has 0 saturated heterocycles. The molecule has 1 fully saturated rings. The summed E-state index contributed by atoms with van der Waals surface area (Å²) in [4.78, 5) is 8.16. The minimum Gasteiger partial charge on any atom is -0.383 e. The summed E-state index contributed by atoms with van der Waals surface area (Å²) < 4.78 is 5.43. The van der Waals surface area contributed by atoms with Crippen LogP contribution in [-0.4, -0.2) is 29.2 Å². The summed E-state index contributed by atoms with van der Waals surface area (Å²) in [5, 5.41) is 3.39. The van der Waals surface area contributed by atoms with Crippen LogP contribution in [-0.2, 0) is 4.74 Å². The largest absolute Gasteiger partial charge is 0.383 e. The van der Waals surface area contributed by atoms with Gasteiger partial charge in [0, 0.05) is 12.7 Å². The summed E-state index contributed by atoms with van der Waals surface area (Å²) in [6.45, 7) is 1.93. The summed E-state index contributed by atoms with van der Waals surface area (Å²) >= 11 is 0. The summed E-state index contributed by atoms with van der Waals surface area (Å²) in [5.74, 6) is 1.35. The SMILES string of the molecule is COC1CCCC1Nc1ncnc(N)c1C. The molecule has 1 aliphatic carbocycles. The van der Waals surface area contributed by atoms with E-state index in [1.165, 1.54) is 12.7 Å². The van der Waals surface area contributed by atoms with E-state index in [0.29, 0.717) is 11.9 Å². The number of methoxy groups -OCH3 is 1. The number of nitrogen functional groups attached to an aromatic ring is 1. The first kappa shape index (κ1) is 11.1. The second-order valence-electron chi connectivity index (χ2n) is 4.19. The average Bonchev–Trinajstić information content (AvgIpc) is 2.72. The number of aromatic nitrogens is 2. The van der Waals surface area contributed by atoms with E-state index in [1.54, 1.807) is 7.11 Å². The van der Waals surface area contributed by atoms with Gasteiger partial charge in [-0.2, -0.15) is 0 Å². The second-order valence-corrected chi connectivity index (χ2v) is 4.19. The van der Waals surface area contributed by atoms with Crippen LogP contribution < -0.4 is 11.1 Å². The zero-order valence-electron chi connectivity index (χ0n) is 9.73. The molecule has 2 rings (SSSR count). The van der Waals surface area contributed by atoms with Gasteiger partial charge >= 0.3 is 0 Å². The van der Waals surface area contributed by atoms with E-state index < -0.39 is 0 Å². The maximum atomic E-state index is 5.74. The van der Waals surface area contributed by atoms with Gasteiger partial charge in [-0.25, -0.2) is 9.97 Å². The van der Waals surface area contributed by atoms with Crippen LogP contribution >= 0.6 is 0 Å². The van der Waals surface area contributed by atoms with Crippen LogP contribution in [0.15, 0.2) is 6.33 Å². The lowest BCUT2D eigenvalue weighted by Gasteiger charge is -2.21. The molecule has 0 aliphatic heterocycles. The van der Waals surface area contributed by atoms with Crippen LogP contribution in [0, 0.1) is 6.92 Å². The van der Waals surface area contributed by atoms with Crippen molar-refractivity contribution in [3.8, 4) is 0 Å². The fourth-order valence-electron chi connectivity index (χ4n) is 2.16. The highest BCUT2D eigenvalue weighted by Crippen LogP contribution is 2.26. The molecule has 0 amide bonds. The zero-order chi connectivity index (χ0) is 11.5. The fourth-order valence-corrected chi connectivity index (χ4v) is 2.16. The molecule has 1 aromatic rings. The average molecular weight is 222 g/mol. The minimum atomic E-state index is 0.274. The number of hydrogen-bond donors (Lipinski definition) is 2. The van der Waals surface area contributed by atoms with E-state index in [1.807, 2.05) is 6.92 Å². The Morgan fingerprint density at radius 3 is 3.00 bits per heavy atom. The number of nitrogens with two attached hydrogens (primary N) is 1. The molecule has 1 aromatic heterocycles. The Hall–Kier alpha value is -1.36. The normalized spacial score (nSPS) is 24.6. The predicted octanol–water partition coefficient (Wildman–Crippen LogP) is 1.35. The Bertz CT molecular complexity index is 369. The molecule has 1 heterocycles. The lowest BCUT2D eigenvalue weighted by molar-refractivity contribution is 0.101. The van der Waals surface area contributed by atoms with Gasteiger partial charge in [0.15, 0.2) is 0 Å². The van der Waals surface area contributed by atoms with Crippen molar-refractivity contribution in [3.63, 3.8) is 0 Å². The maximum absolute atomic E-state index is 5.74. The van der Waals surface area contributed by atoms with Gasteiger partial charge in [0.1, 0.15) is 18.0 Å². The highest BCUT2D eigenvalue weighted by Gasteiger charge is 2.27. The Kier molecular flexibility index (Phi) is 3.24. The van der Waals surface area contributed by atoms with Crippen LogP contribution in [0.3, 0.4) is 0 Å². The molecule has 0 spiro atoms. The van der Waals surface area contributed by atoms with Crippen LogP contribution in [0.25, 0.3) is 0 Å². The van der Waals surface area contributed by atoms with E-state index in [4.69, 9.17) is 10.5 Å². The first-order valence-electron chi connectivity index (χ1n) is 5.58. The maximum Gasteiger partial charge on any atom is 0.134 e. The van der Waals surface area contributed by atoms with Crippen molar-refractivity contribution >= 4 is 11.6 Å². The quantitative estimate of drug-likeness (QED) is 0.807. The summed E-state index contributed by atoms with van der Waals surface area (Å²) in [5.41, 5.74) is 6.65. The summed E-state index contributed by atoms with van der Waals surface area (Å²) in [6, 6.07) is 0.331. The molecule has 1 aliphatic rings. The van der Waals surface area contributed by atoms with Crippen molar-refractivity contribution in [2.24, 2.45) is 0 Å². The monoisotopic (exact) mass is 222 g/mol. The molecule has 88 valence electrons. The molecule has 0 radical (unpaired) electrons. The Balaban J connectivity index is 2.11. The van der Waals surface area contributed by atoms with E-state index in [-0.39, 0.29) is 6.10 Å². The number of anilines is 2. The van der Waals surface area contributed by atoms with Gasteiger partial charge < -0.3 is 15.8 Å². The Morgan fingerprint density at radius 1 is 1.44 bits per heavy atom. The first-order chi connectivity index (χ1) is 7.72. The minimum absolute atomic E-state index is 0.274. The molecule has 2 unspecified atom stereocenters. The van der Waals surface area contributed by atoms with E-state index in [0.717, 1.165) is 24.2 Å². The van der Waals surface area contributed by atoms with Crippen molar-refractivity contribution < 1.29 is 4.74 Å². The van der Waals surface area contributed by atoms with Gasteiger partial charge in [0.2, 0.25) is 0 Å². The van der Waals surface area contributed by atoms with Gasteiger partial charge in [-0.15, -0.1) is 0 Å². The van der Waals surface area contributed by atoms with Crippen molar-refractivity contribution in [2.75, 3.05) is 18.2 Å². The third-order valence-corrected chi connectivity index (χ3v) is 3.20. The smallest absolute Gasteiger partial charge is 0.134 e. The van der Waals surface area contributed by atoms with Crippen LogP contribution in [0.5, 0.6) is 0 Å². The fraction of sp³-hybridized carbons (Fsp3) is 0.636. The third-order valence-electron chi connectivity index (χ3n) is 3.20. The predicted molar refractivity (Wildman–Crippen MR) is 63.2 cm³/mol. The van der Waals surface area contributed by atoms with Crippen molar-refractivity contribution in [1.82, 2.24) is 9.97 Å². The number of hydrogen-bond acceptors (Lipinski definition) is 5. The third kappa shape index (κ3) is 2.09. The molecule has 5 nitrogen and oxygen atoms in total. The molecule has 1 saturated carbocycles. The number of rotatable bonds is 3. The zero-order valence-corrected chi connectivity index (χ0v) is 9.73. The lowest BCUT2D eigenvalue weighted by Crippen LogP contribution is -2.30. The summed E-state index contributed by atoms with van der Waals surface area (Å²) in [7, 11) is 1.76. The molecule has 0 aromatic carbocycles. The Morgan fingerprint density at radius 2 is 2.25 bits per heavy atom. The number of nitrogens with one attached hydrogen (secondary N) is 1. The van der Waals surface area contributed by atoms with E-state index in [9.17, 15) is 0 Å². The lowest BCUT2D eigenvalue weighted by atomic mass is 10.2. The molecule has 16 heavy (non-hydrogen) atoms. The van der Waals surface area contributed by atoms with Crippen LogP contribution in [0.4, 0.5) is 11.6 Å². The molecular weight excluding hydrogens is 204 g/mol. The van der Waals surface area contributed by atoms with Gasteiger partial charge in [-0.1, -0.05) is 0 Å². The van der Waals surface area contributed by atoms with E-state index >= 15 is 0 Å². The van der Waals surface area contributed by atoms with Gasteiger partial charge in [0.05, 0.1) is 12.1 Å². The standard InChI is InChI=1S/C11H18N4O/c1-7-10(12)13-6-14-11(7)15-8-4-3-5-9(8)16-2/h6,8-9H,3-5H2,1-2H3,(H3,12,13,14,15). The molecule has 5 heteroatoms. The highest BCUT2D eigenvalue weighted by molar-refractivity contribution is 5.54. The van der Waals surface area contributed by atoms with Crippen molar-refractivity contribution in [1.29, 1.82) is 0 Å². The van der Waals surface area contributed by atoms with E-state index in [2.05, 4.69) is 15.3 Å². The number of ether oxygens (including phenoxy) is 1. The van der Waals surface area contributed by atoms with Gasteiger partial charge in [-0.3, -0.25) is 0 Å². The Labute approximate surface area is 95.4 Å². The molecule has 2 atom stereocenters. The van der Waals surface area contributed by atoms with Crippen LogP contribution in [0.2, 0.25) is 0 Å². The van der Waals surface area contributed by atoms with Crippen molar-refractivity contribution in [3.05, 3.63) is 11.9 Å².